The molecule has 0 saturated heterocycles. The van der Waals surface area contributed by atoms with Crippen molar-refractivity contribution in [1.82, 2.24) is 4.98 Å². The number of benzene rings is 1. The predicted octanol–water partition coefficient (Wildman–Crippen LogP) is 3.59. The van der Waals surface area contributed by atoms with Crippen LogP contribution < -0.4 is 10.5 Å². The molecule has 0 spiro atoms. The lowest BCUT2D eigenvalue weighted by atomic mass is 10.3. The summed E-state index contributed by atoms with van der Waals surface area (Å²) in [5.74, 6) is 0.660. The Balaban J connectivity index is 2.31. The Labute approximate surface area is 136 Å². The second-order valence-electron chi connectivity index (χ2n) is 3.89. The molecule has 0 aliphatic rings. The van der Waals surface area contributed by atoms with Gasteiger partial charge in [0.1, 0.15) is 17.3 Å². The summed E-state index contributed by atoms with van der Waals surface area (Å²) in [6.07, 6.45) is 1.41. The predicted molar refractivity (Wildman–Crippen MR) is 83.8 cm³/mol. The van der Waals surface area contributed by atoms with Gasteiger partial charge in [0.25, 0.3) is 5.69 Å². The average molecular weight is 416 g/mol. The van der Waals surface area contributed by atoms with Crippen LogP contribution in [0.3, 0.4) is 0 Å². The molecule has 108 valence electrons. The topological polar surface area (TPSA) is 115 Å². The molecule has 0 atom stereocenters. The number of nitrogens with two attached hydrogens (primary N) is 1. The van der Waals surface area contributed by atoms with E-state index < -0.39 is 4.92 Å². The van der Waals surface area contributed by atoms with E-state index in [1.165, 1.54) is 18.3 Å². The molecule has 1 aromatic heterocycles. The first-order valence-electron chi connectivity index (χ1n) is 5.50. The Morgan fingerprint density at radius 2 is 1.95 bits per heavy atom. The Kier molecular flexibility index (Phi) is 4.53. The SMILES string of the molecule is N=C(N)c1ccc(Oc2c(Br)cc([N+](=O)[O-])cc2Br)cn1. The highest BCUT2D eigenvalue weighted by Gasteiger charge is 2.16. The number of nitrogens with zero attached hydrogens (tertiary/aromatic N) is 2. The molecule has 1 aromatic carbocycles. The number of nitrogens with one attached hydrogen (secondary N) is 1. The van der Waals surface area contributed by atoms with Gasteiger partial charge < -0.3 is 10.5 Å². The number of aromatic nitrogens is 1. The fourth-order valence-electron chi connectivity index (χ4n) is 1.47. The summed E-state index contributed by atoms with van der Waals surface area (Å²) in [5.41, 5.74) is 5.58. The number of ether oxygens (including phenoxy) is 1. The van der Waals surface area contributed by atoms with Crippen molar-refractivity contribution >= 4 is 43.4 Å². The molecule has 0 amide bonds. The van der Waals surface area contributed by atoms with Gasteiger partial charge in [-0.3, -0.25) is 15.5 Å². The number of nitrogen functional groups attached to an aromatic ring is 1. The van der Waals surface area contributed by atoms with Crippen LogP contribution in [0.2, 0.25) is 0 Å². The van der Waals surface area contributed by atoms with Crippen molar-refractivity contribution in [2.45, 2.75) is 0 Å². The second kappa shape index (κ2) is 6.19. The third kappa shape index (κ3) is 3.56. The largest absolute Gasteiger partial charge is 0.453 e. The minimum Gasteiger partial charge on any atom is -0.453 e. The van der Waals surface area contributed by atoms with E-state index in [1.807, 2.05) is 0 Å². The van der Waals surface area contributed by atoms with Gasteiger partial charge in [0.2, 0.25) is 0 Å². The number of halogens is 2. The van der Waals surface area contributed by atoms with Crippen molar-refractivity contribution in [2.24, 2.45) is 5.73 Å². The number of rotatable bonds is 4. The summed E-state index contributed by atoms with van der Waals surface area (Å²) in [4.78, 5) is 14.2. The first-order valence-corrected chi connectivity index (χ1v) is 7.09. The van der Waals surface area contributed by atoms with Gasteiger partial charge in [0, 0.05) is 12.1 Å². The quantitative estimate of drug-likeness (QED) is 0.342. The van der Waals surface area contributed by atoms with Crippen molar-refractivity contribution < 1.29 is 9.66 Å². The van der Waals surface area contributed by atoms with Crippen molar-refractivity contribution in [3.63, 3.8) is 0 Å². The number of hydrogen-bond donors (Lipinski definition) is 2. The maximum atomic E-state index is 10.8. The fraction of sp³-hybridized carbons (Fsp3) is 0. The Hall–Kier alpha value is -2.00. The van der Waals surface area contributed by atoms with Crippen LogP contribution in [0.1, 0.15) is 5.69 Å². The van der Waals surface area contributed by atoms with E-state index in [4.69, 9.17) is 15.9 Å². The first-order chi connectivity index (χ1) is 9.88. The monoisotopic (exact) mass is 414 g/mol. The lowest BCUT2D eigenvalue weighted by Crippen LogP contribution is -2.12. The van der Waals surface area contributed by atoms with Gasteiger partial charge in [0.15, 0.2) is 5.75 Å². The summed E-state index contributed by atoms with van der Waals surface area (Å²) in [5, 5.41) is 18.0. The maximum absolute atomic E-state index is 10.8. The Morgan fingerprint density at radius 3 is 2.38 bits per heavy atom. The third-order valence-corrected chi connectivity index (χ3v) is 3.60. The van der Waals surface area contributed by atoms with Crippen molar-refractivity contribution in [2.75, 3.05) is 0 Å². The smallest absolute Gasteiger partial charge is 0.271 e. The highest BCUT2D eigenvalue weighted by atomic mass is 79.9. The summed E-state index contributed by atoms with van der Waals surface area (Å²) in [6, 6.07) is 5.84. The molecular formula is C12H8Br2N4O3. The van der Waals surface area contributed by atoms with E-state index in [0.29, 0.717) is 26.1 Å². The first kappa shape index (κ1) is 15.4. The van der Waals surface area contributed by atoms with Crippen LogP contribution in [0, 0.1) is 15.5 Å². The lowest BCUT2D eigenvalue weighted by Gasteiger charge is -2.10. The summed E-state index contributed by atoms with van der Waals surface area (Å²) < 4.78 is 6.48. The minimum atomic E-state index is -0.498. The lowest BCUT2D eigenvalue weighted by molar-refractivity contribution is -0.385. The molecule has 3 N–H and O–H groups in total. The van der Waals surface area contributed by atoms with Crippen LogP contribution in [-0.2, 0) is 0 Å². The standard InChI is InChI=1S/C12H8Br2N4O3/c13-8-3-6(18(19)20)4-9(14)11(8)21-7-1-2-10(12(15)16)17-5-7/h1-5H,(H3,15,16). The van der Waals surface area contributed by atoms with E-state index in [0.717, 1.165) is 0 Å². The molecule has 2 aromatic rings. The number of nitro benzene ring substituents is 1. The molecule has 21 heavy (non-hydrogen) atoms. The van der Waals surface area contributed by atoms with Gasteiger partial charge in [0.05, 0.1) is 20.1 Å². The van der Waals surface area contributed by atoms with Crippen LogP contribution in [0.15, 0.2) is 39.4 Å². The highest BCUT2D eigenvalue weighted by Crippen LogP contribution is 2.39. The van der Waals surface area contributed by atoms with Crippen LogP contribution in [0.4, 0.5) is 5.69 Å². The molecule has 0 unspecified atom stereocenters. The third-order valence-electron chi connectivity index (χ3n) is 2.43. The summed E-state index contributed by atoms with van der Waals surface area (Å²) in [6.45, 7) is 0. The Morgan fingerprint density at radius 1 is 1.33 bits per heavy atom. The number of nitro groups is 1. The molecule has 0 saturated carbocycles. The molecule has 0 fully saturated rings. The average Bonchev–Trinajstić information content (AvgIpc) is 2.43. The normalized spacial score (nSPS) is 10.2. The number of hydrogen-bond acceptors (Lipinski definition) is 5. The zero-order valence-corrected chi connectivity index (χ0v) is 13.5. The molecule has 2 rings (SSSR count). The number of pyridine rings is 1. The van der Waals surface area contributed by atoms with Crippen LogP contribution in [0.25, 0.3) is 0 Å². The molecule has 0 aliphatic heterocycles. The fourth-order valence-corrected chi connectivity index (χ4v) is 2.79. The highest BCUT2D eigenvalue weighted by molar-refractivity contribution is 9.11. The van der Waals surface area contributed by atoms with Crippen molar-refractivity contribution in [3.05, 3.63) is 55.2 Å². The zero-order chi connectivity index (χ0) is 15.6. The zero-order valence-electron chi connectivity index (χ0n) is 10.3. The Bertz CT molecular complexity index is 696. The molecule has 7 nitrogen and oxygen atoms in total. The van der Waals surface area contributed by atoms with Crippen LogP contribution in [-0.4, -0.2) is 15.7 Å². The molecular weight excluding hydrogens is 408 g/mol. The molecule has 0 radical (unpaired) electrons. The second-order valence-corrected chi connectivity index (χ2v) is 5.60. The number of amidine groups is 1. The van der Waals surface area contributed by atoms with Gasteiger partial charge in [-0.25, -0.2) is 4.98 Å². The van der Waals surface area contributed by atoms with E-state index in [2.05, 4.69) is 36.8 Å². The van der Waals surface area contributed by atoms with E-state index >= 15 is 0 Å². The van der Waals surface area contributed by atoms with Crippen molar-refractivity contribution in [1.29, 1.82) is 5.41 Å². The molecule has 9 heteroatoms. The number of non-ortho nitro benzene ring substituents is 1. The summed E-state index contributed by atoms with van der Waals surface area (Å²) in [7, 11) is 0. The van der Waals surface area contributed by atoms with Crippen LogP contribution in [0.5, 0.6) is 11.5 Å². The van der Waals surface area contributed by atoms with Crippen molar-refractivity contribution in [3.8, 4) is 11.5 Å². The van der Waals surface area contributed by atoms with Gasteiger partial charge in [-0.2, -0.15) is 0 Å². The van der Waals surface area contributed by atoms with Gasteiger partial charge >= 0.3 is 0 Å². The van der Waals surface area contributed by atoms with Gasteiger partial charge in [-0.05, 0) is 44.0 Å². The molecule has 1 heterocycles. The van der Waals surface area contributed by atoms with E-state index in [9.17, 15) is 10.1 Å². The van der Waals surface area contributed by atoms with E-state index in [1.54, 1.807) is 12.1 Å². The summed E-state index contributed by atoms with van der Waals surface area (Å²) >= 11 is 6.45. The minimum absolute atomic E-state index is 0.0637. The van der Waals surface area contributed by atoms with E-state index in [-0.39, 0.29) is 11.5 Å². The molecule has 0 aliphatic carbocycles. The maximum Gasteiger partial charge on any atom is 0.271 e. The van der Waals surface area contributed by atoms with Gasteiger partial charge in [-0.1, -0.05) is 0 Å². The molecule has 0 bridgehead atoms. The van der Waals surface area contributed by atoms with Gasteiger partial charge in [-0.15, -0.1) is 0 Å². The van der Waals surface area contributed by atoms with Crippen LogP contribution >= 0.6 is 31.9 Å².